The zero-order valence-corrected chi connectivity index (χ0v) is 10.1. The van der Waals surface area contributed by atoms with E-state index < -0.39 is 0 Å². The Hall–Kier alpha value is -0.590. The first-order chi connectivity index (χ1) is 7.13. The van der Waals surface area contributed by atoms with Gasteiger partial charge < -0.3 is 15.0 Å². The molecule has 15 heavy (non-hydrogen) atoms. The summed E-state index contributed by atoms with van der Waals surface area (Å²) in [4.78, 5) is 4.17. The second-order valence-corrected chi connectivity index (χ2v) is 4.33. The molecule has 0 amide bonds. The molecule has 0 aromatic carbocycles. The van der Waals surface area contributed by atoms with Crippen LogP contribution in [-0.2, 0) is 10.5 Å². The smallest absolute Gasteiger partial charge is 0.236 e. The van der Waals surface area contributed by atoms with E-state index in [9.17, 15) is 0 Å². The summed E-state index contributed by atoms with van der Waals surface area (Å²) in [7, 11) is 0. The Morgan fingerprint density at radius 3 is 2.87 bits per heavy atom. The van der Waals surface area contributed by atoms with Gasteiger partial charge in [0.15, 0.2) is 5.82 Å². The van der Waals surface area contributed by atoms with E-state index in [0.29, 0.717) is 24.1 Å². The van der Waals surface area contributed by atoms with E-state index in [1.165, 1.54) is 0 Å². The van der Waals surface area contributed by atoms with Gasteiger partial charge >= 0.3 is 0 Å². The second kappa shape index (κ2) is 6.09. The maximum absolute atomic E-state index is 5.84. The third-order valence-electron chi connectivity index (χ3n) is 1.69. The van der Waals surface area contributed by atoms with Gasteiger partial charge in [0.1, 0.15) is 0 Å². The van der Waals surface area contributed by atoms with E-state index >= 15 is 0 Å². The SMILES string of the molecule is CSCc1nc(C(N)COC(C)C)no1. The van der Waals surface area contributed by atoms with Crippen LogP contribution in [0.2, 0.25) is 0 Å². The van der Waals surface area contributed by atoms with E-state index in [0.717, 1.165) is 0 Å². The highest BCUT2D eigenvalue weighted by Crippen LogP contribution is 2.11. The fourth-order valence-electron chi connectivity index (χ4n) is 0.971. The predicted molar refractivity (Wildman–Crippen MR) is 59.5 cm³/mol. The Kier molecular flexibility index (Phi) is 5.07. The Labute approximate surface area is 93.7 Å². The molecule has 0 aliphatic carbocycles. The minimum atomic E-state index is -0.313. The van der Waals surface area contributed by atoms with Gasteiger partial charge in [-0.25, -0.2) is 0 Å². The van der Waals surface area contributed by atoms with Crippen LogP contribution in [-0.4, -0.2) is 29.1 Å². The van der Waals surface area contributed by atoms with Gasteiger partial charge in [-0.2, -0.15) is 16.7 Å². The second-order valence-electron chi connectivity index (χ2n) is 3.47. The molecule has 0 bridgehead atoms. The van der Waals surface area contributed by atoms with Crippen molar-refractivity contribution in [1.29, 1.82) is 0 Å². The van der Waals surface area contributed by atoms with Crippen LogP contribution in [0.5, 0.6) is 0 Å². The highest BCUT2D eigenvalue weighted by molar-refractivity contribution is 7.97. The quantitative estimate of drug-likeness (QED) is 0.796. The van der Waals surface area contributed by atoms with Crippen molar-refractivity contribution in [1.82, 2.24) is 10.1 Å². The van der Waals surface area contributed by atoms with Crippen LogP contribution in [0.3, 0.4) is 0 Å². The minimum absolute atomic E-state index is 0.161. The van der Waals surface area contributed by atoms with Crippen LogP contribution in [0.25, 0.3) is 0 Å². The first kappa shape index (κ1) is 12.5. The molecular formula is C9H17N3O2S. The third kappa shape index (κ3) is 4.19. The summed E-state index contributed by atoms with van der Waals surface area (Å²) >= 11 is 1.63. The lowest BCUT2D eigenvalue weighted by Crippen LogP contribution is -2.20. The summed E-state index contributed by atoms with van der Waals surface area (Å²) in [6, 6.07) is -0.313. The number of rotatable bonds is 6. The molecule has 6 heteroatoms. The summed E-state index contributed by atoms with van der Waals surface area (Å²) in [5, 5.41) is 3.81. The van der Waals surface area contributed by atoms with Gasteiger partial charge in [0.2, 0.25) is 5.89 Å². The molecule has 0 saturated carbocycles. The van der Waals surface area contributed by atoms with Crippen LogP contribution in [0.4, 0.5) is 0 Å². The molecule has 0 aliphatic heterocycles. The zero-order chi connectivity index (χ0) is 11.3. The number of thioether (sulfide) groups is 1. The molecule has 1 unspecified atom stereocenters. The van der Waals surface area contributed by atoms with E-state index in [1.54, 1.807) is 11.8 Å². The summed E-state index contributed by atoms with van der Waals surface area (Å²) in [6.45, 7) is 4.33. The topological polar surface area (TPSA) is 74.2 Å². The fraction of sp³-hybridized carbons (Fsp3) is 0.778. The molecule has 1 atom stereocenters. The number of aromatic nitrogens is 2. The molecule has 2 N–H and O–H groups in total. The van der Waals surface area contributed by atoms with Crippen molar-refractivity contribution in [2.75, 3.05) is 12.9 Å². The average Bonchev–Trinajstić information content (AvgIpc) is 2.63. The van der Waals surface area contributed by atoms with E-state index in [2.05, 4.69) is 10.1 Å². The number of ether oxygens (including phenoxy) is 1. The average molecular weight is 231 g/mol. The largest absolute Gasteiger partial charge is 0.377 e. The van der Waals surface area contributed by atoms with E-state index in [4.69, 9.17) is 15.0 Å². The first-order valence-corrected chi connectivity index (χ1v) is 6.21. The van der Waals surface area contributed by atoms with Crippen molar-refractivity contribution in [3.63, 3.8) is 0 Å². The molecular weight excluding hydrogens is 214 g/mol. The number of hydrogen-bond donors (Lipinski definition) is 1. The van der Waals surface area contributed by atoms with Gasteiger partial charge in [-0.05, 0) is 20.1 Å². The van der Waals surface area contributed by atoms with Gasteiger partial charge in [-0.15, -0.1) is 0 Å². The van der Waals surface area contributed by atoms with Crippen LogP contribution < -0.4 is 5.73 Å². The molecule has 0 radical (unpaired) electrons. The Bertz CT molecular complexity index is 291. The van der Waals surface area contributed by atoms with E-state index in [-0.39, 0.29) is 12.1 Å². The van der Waals surface area contributed by atoms with Crippen molar-refractivity contribution in [2.45, 2.75) is 31.7 Å². The Balaban J connectivity index is 2.46. The molecule has 1 aromatic rings. The van der Waals surface area contributed by atoms with Gasteiger partial charge in [-0.1, -0.05) is 5.16 Å². The molecule has 1 rings (SSSR count). The molecule has 0 aliphatic rings. The van der Waals surface area contributed by atoms with Crippen LogP contribution in [0, 0.1) is 0 Å². The van der Waals surface area contributed by atoms with Gasteiger partial charge in [0, 0.05) is 0 Å². The molecule has 0 spiro atoms. The standard InChI is InChI=1S/C9H17N3O2S/c1-6(2)13-4-7(10)9-11-8(5-15-3)14-12-9/h6-7H,4-5,10H2,1-3H3. The fourth-order valence-corrected chi connectivity index (χ4v) is 1.34. The normalized spacial score (nSPS) is 13.4. The van der Waals surface area contributed by atoms with Gasteiger partial charge in [0.05, 0.1) is 24.5 Å². The summed E-state index contributed by atoms with van der Waals surface area (Å²) in [6.07, 6.45) is 2.14. The maximum Gasteiger partial charge on any atom is 0.236 e. The van der Waals surface area contributed by atoms with Crippen molar-refractivity contribution in [3.8, 4) is 0 Å². The highest BCUT2D eigenvalue weighted by Gasteiger charge is 2.14. The lowest BCUT2D eigenvalue weighted by molar-refractivity contribution is 0.0665. The van der Waals surface area contributed by atoms with Gasteiger partial charge in [-0.3, -0.25) is 0 Å². The molecule has 1 aromatic heterocycles. The number of nitrogens with zero attached hydrogens (tertiary/aromatic N) is 2. The Morgan fingerprint density at radius 2 is 2.27 bits per heavy atom. The number of hydrogen-bond acceptors (Lipinski definition) is 6. The van der Waals surface area contributed by atoms with E-state index in [1.807, 2.05) is 20.1 Å². The lowest BCUT2D eigenvalue weighted by atomic mass is 10.3. The summed E-state index contributed by atoms with van der Waals surface area (Å²) in [5.74, 6) is 1.84. The molecule has 5 nitrogen and oxygen atoms in total. The first-order valence-electron chi connectivity index (χ1n) is 4.82. The van der Waals surface area contributed by atoms with Crippen molar-refractivity contribution >= 4 is 11.8 Å². The Morgan fingerprint density at radius 1 is 1.53 bits per heavy atom. The van der Waals surface area contributed by atoms with Crippen molar-refractivity contribution < 1.29 is 9.26 Å². The highest BCUT2D eigenvalue weighted by atomic mass is 32.2. The third-order valence-corrected chi connectivity index (χ3v) is 2.23. The van der Waals surface area contributed by atoms with Gasteiger partial charge in [0.25, 0.3) is 0 Å². The van der Waals surface area contributed by atoms with Crippen LogP contribution >= 0.6 is 11.8 Å². The number of nitrogens with two attached hydrogens (primary N) is 1. The van der Waals surface area contributed by atoms with Crippen LogP contribution in [0.1, 0.15) is 31.6 Å². The lowest BCUT2D eigenvalue weighted by Gasteiger charge is -2.10. The molecule has 1 heterocycles. The van der Waals surface area contributed by atoms with Crippen molar-refractivity contribution in [3.05, 3.63) is 11.7 Å². The summed E-state index contributed by atoms with van der Waals surface area (Å²) in [5.41, 5.74) is 5.84. The van der Waals surface area contributed by atoms with Crippen LogP contribution in [0.15, 0.2) is 4.52 Å². The predicted octanol–water partition coefficient (Wildman–Crippen LogP) is 1.36. The van der Waals surface area contributed by atoms with Crippen molar-refractivity contribution in [2.24, 2.45) is 5.73 Å². The molecule has 0 saturated heterocycles. The molecule has 0 fully saturated rings. The molecule has 86 valence electrons. The monoisotopic (exact) mass is 231 g/mol. The summed E-state index contributed by atoms with van der Waals surface area (Å²) < 4.78 is 10.4. The maximum atomic E-state index is 5.84. The minimum Gasteiger partial charge on any atom is -0.377 e. The zero-order valence-electron chi connectivity index (χ0n) is 9.27.